The molecule has 3 rings (SSSR count). The lowest BCUT2D eigenvalue weighted by Crippen LogP contribution is -2.35. The molecule has 2 aromatic heterocycles. The van der Waals surface area contributed by atoms with Crippen LogP contribution in [0.5, 0.6) is 0 Å². The van der Waals surface area contributed by atoms with Gasteiger partial charge < -0.3 is 10.1 Å². The number of aromatic nitrogens is 4. The fraction of sp³-hybridized carbons (Fsp3) is 0.455. The van der Waals surface area contributed by atoms with E-state index in [1.807, 2.05) is 0 Å². The molecule has 1 saturated carbocycles. The Bertz CT molecular complexity index is 787. The molecular formula is C11H13N5O4S. The van der Waals surface area contributed by atoms with Gasteiger partial charge in [-0.3, -0.25) is 9.52 Å². The highest BCUT2D eigenvalue weighted by atomic mass is 32.2. The Hall–Kier alpha value is -2.23. The number of nitrogens with zero attached hydrogens (tertiary/aromatic N) is 3. The van der Waals surface area contributed by atoms with Gasteiger partial charge in [-0.1, -0.05) is 6.42 Å². The summed E-state index contributed by atoms with van der Waals surface area (Å²) < 4.78 is 27.2. The van der Waals surface area contributed by atoms with Crippen molar-refractivity contribution in [2.75, 3.05) is 4.72 Å². The zero-order valence-electron chi connectivity index (χ0n) is 10.9. The lowest BCUT2D eigenvalue weighted by molar-refractivity contribution is -0.141. The zero-order valence-corrected chi connectivity index (χ0v) is 11.7. The predicted octanol–water partition coefficient (Wildman–Crippen LogP) is 0.348. The van der Waals surface area contributed by atoms with Crippen molar-refractivity contribution in [2.24, 2.45) is 5.92 Å². The van der Waals surface area contributed by atoms with Crippen molar-refractivity contribution in [3.63, 3.8) is 0 Å². The number of H-pyrrole nitrogens is 1. The molecule has 21 heavy (non-hydrogen) atoms. The third-order valence-electron chi connectivity index (χ3n) is 3.63. The standard InChI is InChI=1S/C11H13N5O4S/c17-11(18)6-2-1-3-7(6)21(19,20)16-10-8-9(13-4-12-8)14-5-15-10/h4-7H,1-3H2,(H,17,18)(H2,12,13,14,15,16). The van der Waals surface area contributed by atoms with E-state index in [4.69, 9.17) is 5.11 Å². The van der Waals surface area contributed by atoms with E-state index in [1.54, 1.807) is 0 Å². The minimum Gasteiger partial charge on any atom is -0.481 e. The van der Waals surface area contributed by atoms with Crippen LogP contribution < -0.4 is 4.72 Å². The number of hydrogen-bond acceptors (Lipinski definition) is 6. The molecule has 9 nitrogen and oxygen atoms in total. The molecule has 2 heterocycles. The maximum absolute atomic E-state index is 12.4. The average Bonchev–Trinajstić information content (AvgIpc) is 3.08. The van der Waals surface area contributed by atoms with Gasteiger partial charge in [0.25, 0.3) is 0 Å². The largest absolute Gasteiger partial charge is 0.481 e. The van der Waals surface area contributed by atoms with E-state index in [9.17, 15) is 13.2 Å². The number of hydrogen-bond donors (Lipinski definition) is 3. The summed E-state index contributed by atoms with van der Waals surface area (Å²) in [6.07, 6.45) is 3.84. The van der Waals surface area contributed by atoms with Gasteiger partial charge in [0.1, 0.15) is 11.8 Å². The second-order valence-electron chi connectivity index (χ2n) is 4.88. The third-order valence-corrected chi connectivity index (χ3v) is 5.47. The summed E-state index contributed by atoms with van der Waals surface area (Å²) >= 11 is 0. The van der Waals surface area contributed by atoms with Gasteiger partial charge in [0.2, 0.25) is 10.0 Å². The Labute approximate surface area is 119 Å². The van der Waals surface area contributed by atoms with Crippen molar-refractivity contribution < 1.29 is 18.3 Å². The molecule has 2 unspecified atom stereocenters. The van der Waals surface area contributed by atoms with Gasteiger partial charge in [0.05, 0.1) is 17.5 Å². The lowest BCUT2D eigenvalue weighted by atomic mass is 10.1. The maximum Gasteiger partial charge on any atom is 0.307 e. The first-order chi connectivity index (χ1) is 9.99. The summed E-state index contributed by atoms with van der Waals surface area (Å²) in [6, 6.07) is 0. The van der Waals surface area contributed by atoms with Crippen molar-refractivity contribution in [3.05, 3.63) is 12.7 Å². The normalized spacial score (nSPS) is 22.5. The van der Waals surface area contributed by atoms with Gasteiger partial charge in [-0.2, -0.15) is 0 Å². The first kappa shape index (κ1) is 13.7. The molecule has 0 spiro atoms. The van der Waals surface area contributed by atoms with Crippen LogP contribution in [0.1, 0.15) is 19.3 Å². The Balaban J connectivity index is 1.93. The van der Waals surface area contributed by atoms with Gasteiger partial charge >= 0.3 is 5.97 Å². The first-order valence-electron chi connectivity index (χ1n) is 6.37. The molecule has 0 saturated heterocycles. The molecular weight excluding hydrogens is 298 g/mol. The van der Waals surface area contributed by atoms with E-state index in [1.165, 1.54) is 12.7 Å². The van der Waals surface area contributed by atoms with Crippen LogP contribution in [0.15, 0.2) is 12.7 Å². The second-order valence-corrected chi connectivity index (χ2v) is 6.78. The number of carboxylic acids is 1. The molecule has 10 heteroatoms. The van der Waals surface area contributed by atoms with Gasteiger partial charge in [0.15, 0.2) is 11.5 Å². The third kappa shape index (κ3) is 2.42. The Morgan fingerprint density at radius 2 is 2.14 bits per heavy atom. The number of nitrogens with one attached hydrogen (secondary N) is 2. The second kappa shape index (κ2) is 4.95. The quantitative estimate of drug-likeness (QED) is 0.740. The van der Waals surface area contributed by atoms with Crippen LogP contribution in [0, 0.1) is 5.92 Å². The molecule has 0 amide bonds. The lowest BCUT2D eigenvalue weighted by Gasteiger charge is -2.17. The zero-order chi connectivity index (χ0) is 15.0. The minimum absolute atomic E-state index is 0.0774. The molecule has 3 N–H and O–H groups in total. The molecule has 1 aliphatic carbocycles. The summed E-state index contributed by atoms with van der Waals surface area (Å²) in [5.74, 6) is -1.90. The monoisotopic (exact) mass is 311 g/mol. The van der Waals surface area contributed by atoms with E-state index in [0.717, 1.165) is 0 Å². The summed E-state index contributed by atoms with van der Waals surface area (Å²) in [4.78, 5) is 25.6. The van der Waals surface area contributed by atoms with Gasteiger partial charge in [-0.15, -0.1) is 0 Å². The average molecular weight is 311 g/mol. The number of fused-ring (bicyclic) bond motifs is 1. The SMILES string of the molecule is O=C(O)C1CCCC1S(=O)(=O)Nc1ncnc2nc[nH]c12. The van der Waals surface area contributed by atoms with Crippen molar-refractivity contribution >= 4 is 33.0 Å². The number of imidazole rings is 1. The van der Waals surface area contributed by atoms with Crippen molar-refractivity contribution in [2.45, 2.75) is 24.5 Å². The predicted molar refractivity (Wildman–Crippen MR) is 73.0 cm³/mol. The van der Waals surface area contributed by atoms with Crippen LogP contribution in [0.3, 0.4) is 0 Å². The van der Waals surface area contributed by atoms with E-state index in [-0.39, 0.29) is 5.82 Å². The van der Waals surface area contributed by atoms with Crippen LogP contribution in [0.25, 0.3) is 11.2 Å². The van der Waals surface area contributed by atoms with Gasteiger partial charge in [-0.25, -0.2) is 23.4 Å². The topological polar surface area (TPSA) is 138 Å². The molecule has 2 aromatic rings. The van der Waals surface area contributed by atoms with Crippen LogP contribution in [0.4, 0.5) is 5.82 Å². The number of sulfonamides is 1. The molecule has 1 aliphatic rings. The summed E-state index contributed by atoms with van der Waals surface area (Å²) in [7, 11) is -3.85. The highest BCUT2D eigenvalue weighted by Crippen LogP contribution is 2.32. The Morgan fingerprint density at radius 1 is 1.33 bits per heavy atom. The van der Waals surface area contributed by atoms with E-state index < -0.39 is 27.2 Å². The summed E-state index contributed by atoms with van der Waals surface area (Å²) in [5, 5.41) is 8.16. The van der Waals surface area contributed by atoms with E-state index in [0.29, 0.717) is 30.4 Å². The molecule has 0 radical (unpaired) electrons. The van der Waals surface area contributed by atoms with E-state index in [2.05, 4.69) is 24.7 Å². The van der Waals surface area contributed by atoms with Crippen molar-refractivity contribution in [3.8, 4) is 0 Å². The fourth-order valence-electron chi connectivity index (χ4n) is 2.63. The Morgan fingerprint density at radius 3 is 2.90 bits per heavy atom. The molecule has 0 bridgehead atoms. The van der Waals surface area contributed by atoms with Gasteiger partial charge in [0, 0.05) is 0 Å². The van der Waals surface area contributed by atoms with Crippen LogP contribution in [0.2, 0.25) is 0 Å². The molecule has 0 aromatic carbocycles. The number of aromatic amines is 1. The van der Waals surface area contributed by atoms with Crippen LogP contribution >= 0.6 is 0 Å². The van der Waals surface area contributed by atoms with Crippen molar-refractivity contribution in [1.82, 2.24) is 19.9 Å². The highest BCUT2D eigenvalue weighted by molar-refractivity contribution is 7.93. The number of carbonyl (C=O) groups is 1. The van der Waals surface area contributed by atoms with Crippen LogP contribution in [-0.4, -0.2) is 44.7 Å². The smallest absolute Gasteiger partial charge is 0.307 e. The Kier molecular flexibility index (Phi) is 3.24. The molecule has 2 atom stereocenters. The van der Waals surface area contributed by atoms with Crippen LogP contribution in [-0.2, 0) is 14.8 Å². The summed E-state index contributed by atoms with van der Waals surface area (Å²) in [6.45, 7) is 0. The molecule has 112 valence electrons. The molecule has 1 fully saturated rings. The maximum atomic E-state index is 12.4. The molecule has 0 aliphatic heterocycles. The number of rotatable bonds is 4. The minimum atomic E-state index is -3.85. The highest BCUT2D eigenvalue weighted by Gasteiger charge is 2.42. The van der Waals surface area contributed by atoms with Crippen molar-refractivity contribution in [1.29, 1.82) is 0 Å². The summed E-state index contributed by atoms with van der Waals surface area (Å²) in [5.41, 5.74) is 0.704. The number of aliphatic carboxylic acids is 1. The van der Waals surface area contributed by atoms with E-state index >= 15 is 0 Å². The number of anilines is 1. The first-order valence-corrected chi connectivity index (χ1v) is 7.92. The number of carboxylic acid groups (broad SMARTS) is 1. The van der Waals surface area contributed by atoms with Gasteiger partial charge in [-0.05, 0) is 12.8 Å². The fourth-order valence-corrected chi connectivity index (χ4v) is 4.37.